The molecule has 1 rings (SSSR count). The molecule has 4 nitrogen and oxygen atoms in total. The minimum atomic E-state index is -1.17. The monoisotopic (exact) mass is 230 g/mol. The molecule has 0 aromatic carbocycles. The quantitative estimate of drug-likeness (QED) is 0.719. The summed E-state index contributed by atoms with van der Waals surface area (Å²) in [6.07, 6.45) is 1.89. The third-order valence-electron chi connectivity index (χ3n) is 2.14. The lowest BCUT2D eigenvalue weighted by Crippen LogP contribution is -2.39. The van der Waals surface area contributed by atoms with E-state index in [2.05, 4.69) is 10.8 Å². The summed E-state index contributed by atoms with van der Waals surface area (Å²) in [6, 6.07) is 1.79. The summed E-state index contributed by atoms with van der Waals surface area (Å²) in [5, 5.41) is 8.89. The summed E-state index contributed by atoms with van der Waals surface area (Å²) in [5.74, 6) is 0. The Morgan fingerprint density at radius 1 is 1.67 bits per heavy atom. The third-order valence-corrected chi connectivity index (χ3v) is 3.75. The first kappa shape index (κ1) is 12.6. The van der Waals surface area contributed by atoms with Gasteiger partial charge in [0, 0.05) is 0 Å². The number of hydrogen-bond acceptors (Lipinski definition) is 3. The standard InChI is InChI=1S/C10H18N2O2S/c1-10(2,3)15(13)12-8(6-11)4-5-9-7-14-9/h8-9,12H,4-5,7H2,1-3H3/t8-,9?,15?/m1/s1. The minimum Gasteiger partial charge on any atom is -0.373 e. The number of ether oxygens (including phenoxy) is 1. The first-order chi connectivity index (χ1) is 6.93. The molecule has 5 heteroatoms. The van der Waals surface area contributed by atoms with Crippen LogP contribution in [0.2, 0.25) is 0 Å². The maximum absolute atomic E-state index is 11.7. The molecular weight excluding hydrogens is 212 g/mol. The molecule has 1 heterocycles. The van der Waals surface area contributed by atoms with Crippen LogP contribution in [0.4, 0.5) is 0 Å². The molecular formula is C10H18N2O2S. The van der Waals surface area contributed by atoms with Gasteiger partial charge in [-0.25, -0.2) is 8.93 Å². The van der Waals surface area contributed by atoms with Crippen molar-refractivity contribution in [3.63, 3.8) is 0 Å². The molecule has 0 radical (unpaired) electrons. The van der Waals surface area contributed by atoms with E-state index in [1.165, 1.54) is 0 Å². The second kappa shape index (κ2) is 5.06. The Morgan fingerprint density at radius 3 is 2.67 bits per heavy atom. The molecule has 1 N–H and O–H groups in total. The van der Waals surface area contributed by atoms with Gasteiger partial charge in [0.25, 0.3) is 0 Å². The maximum Gasteiger partial charge on any atom is 0.106 e. The lowest BCUT2D eigenvalue weighted by Gasteiger charge is -2.20. The number of nitrogens with one attached hydrogen (secondary N) is 1. The van der Waals surface area contributed by atoms with Gasteiger partial charge in [-0.15, -0.1) is 0 Å². The van der Waals surface area contributed by atoms with Gasteiger partial charge in [0.1, 0.15) is 6.04 Å². The van der Waals surface area contributed by atoms with Gasteiger partial charge < -0.3 is 4.74 Å². The number of nitrogens with zero attached hydrogens (tertiary/aromatic N) is 1. The van der Waals surface area contributed by atoms with Crippen molar-refractivity contribution in [1.82, 2.24) is 4.72 Å². The number of epoxide rings is 1. The van der Waals surface area contributed by atoms with E-state index in [1.807, 2.05) is 20.8 Å². The number of rotatable bonds is 5. The van der Waals surface area contributed by atoms with Gasteiger partial charge in [-0.3, -0.25) is 0 Å². The first-order valence-electron chi connectivity index (χ1n) is 5.12. The molecule has 0 saturated carbocycles. The van der Waals surface area contributed by atoms with Crippen LogP contribution in [-0.2, 0) is 15.7 Å². The highest BCUT2D eigenvalue weighted by molar-refractivity contribution is 7.84. The smallest absolute Gasteiger partial charge is 0.106 e. The largest absolute Gasteiger partial charge is 0.373 e. The second-order valence-corrected chi connectivity index (χ2v) is 6.71. The molecule has 1 saturated heterocycles. The second-order valence-electron chi connectivity index (χ2n) is 4.71. The molecule has 1 fully saturated rings. The minimum absolute atomic E-state index is 0.325. The number of nitriles is 1. The van der Waals surface area contributed by atoms with E-state index >= 15 is 0 Å². The van der Waals surface area contributed by atoms with Crippen molar-refractivity contribution in [2.45, 2.75) is 50.5 Å². The predicted octanol–water partition coefficient (Wildman–Crippen LogP) is 1.11. The average Bonchev–Trinajstić information content (AvgIpc) is 2.93. The van der Waals surface area contributed by atoms with E-state index in [-0.39, 0.29) is 10.8 Å². The van der Waals surface area contributed by atoms with Crippen LogP contribution in [0.5, 0.6) is 0 Å². The van der Waals surface area contributed by atoms with E-state index in [1.54, 1.807) is 0 Å². The van der Waals surface area contributed by atoms with Crippen LogP contribution in [0.3, 0.4) is 0 Å². The highest BCUT2D eigenvalue weighted by Crippen LogP contribution is 2.17. The molecule has 0 aliphatic carbocycles. The highest BCUT2D eigenvalue weighted by atomic mass is 32.2. The zero-order valence-electron chi connectivity index (χ0n) is 9.45. The molecule has 0 bridgehead atoms. The fourth-order valence-electron chi connectivity index (χ4n) is 1.04. The SMILES string of the molecule is CC(C)(C)S(=O)N[C@@H](C#N)CCC1CO1. The van der Waals surface area contributed by atoms with Gasteiger partial charge in [-0.2, -0.15) is 5.26 Å². The average molecular weight is 230 g/mol. The van der Waals surface area contributed by atoms with E-state index in [4.69, 9.17) is 10.00 Å². The summed E-state index contributed by atoms with van der Waals surface area (Å²) in [7, 11) is -1.17. The Hall–Kier alpha value is -0.440. The van der Waals surface area contributed by atoms with Gasteiger partial charge in [0.2, 0.25) is 0 Å². The highest BCUT2D eigenvalue weighted by Gasteiger charge is 2.26. The lowest BCUT2D eigenvalue weighted by molar-refractivity contribution is 0.387. The van der Waals surface area contributed by atoms with Crippen LogP contribution >= 0.6 is 0 Å². The van der Waals surface area contributed by atoms with Crippen LogP contribution in [0.15, 0.2) is 0 Å². The van der Waals surface area contributed by atoms with Gasteiger partial charge in [-0.05, 0) is 33.6 Å². The summed E-state index contributed by atoms with van der Waals surface area (Å²) in [4.78, 5) is 0. The molecule has 0 spiro atoms. The summed E-state index contributed by atoms with van der Waals surface area (Å²) < 4.78 is 19.3. The fourth-order valence-corrected chi connectivity index (χ4v) is 1.83. The fraction of sp³-hybridized carbons (Fsp3) is 0.900. The van der Waals surface area contributed by atoms with Crippen LogP contribution < -0.4 is 4.72 Å². The van der Waals surface area contributed by atoms with Crippen molar-refractivity contribution in [3.8, 4) is 6.07 Å². The van der Waals surface area contributed by atoms with Crippen molar-refractivity contribution in [2.75, 3.05) is 6.61 Å². The van der Waals surface area contributed by atoms with E-state index < -0.39 is 11.0 Å². The van der Waals surface area contributed by atoms with Crippen LogP contribution in [-0.4, -0.2) is 27.7 Å². The summed E-state index contributed by atoms with van der Waals surface area (Å²) in [6.45, 7) is 6.46. The predicted molar refractivity (Wildman–Crippen MR) is 59.4 cm³/mol. The van der Waals surface area contributed by atoms with Crippen molar-refractivity contribution in [3.05, 3.63) is 0 Å². The Balaban J connectivity index is 2.32. The van der Waals surface area contributed by atoms with E-state index in [9.17, 15) is 4.21 Å². The van der Waals surface area contributed by atoms with Gasteiger partial charge in [-0.1, -0.05) is 0 Å². The molecule has 1 aliphatic rings. The zero-order chi connectivity index (χ0) is 11.5. The van der Waals surface area contributed by atoms with E-state index in [0.717, 1.165) is 13.0 Å². The van der Waals surface area contributed by atoms with Gasteiger partial charge in [0.15, 0.2) is 0 Å². The zero-order valence-corrected chi connectivity index (χ0v) is 10.3. The van der Waals surface area contributed by atoms with Gasteiger partial charge in [0.05, 0.1) is 34.5 Å². The molecule has 0 amide bonds. The molecule has 1 aliphatic heterocycles. The summed E-state index contributed by atoms with van der Waals surface area (Å²) in [5.41, 5.74) is 0. The van der Waals surface area contributed by atoms with Crippen LogP contribution in [0.25, 0.3) is 0 Å². The lowest BCUT2D eigenvalue weighted by atomic mass is 10.1. The topological polar surface area (TPSA) is 65.4 Å². The molecule has 15 heavy (non-hydrogen) atoms. The first-order valence-corrected chi connectivity index (χ1v) is 6.27. The Kier molecular flexibility index (Phi) is 4.26. The molecule has 0 aromatic heterocycles. The normalized spacial score (nSPS) is 24.3. The third kappa shape index (κ3) is 4.74. The Morgan fingerprint density at radius 2 is 2.27 bits per heavy atom. The molecule has 0 aromatic rings. The molecule has 86 valence electrons. The molecule has 2 unspecified atom stereocenters. The molecule has 3 atom stereocenters. The van der Waals surface area contributed by atoms with Crippen molar-refractivity contribution in [2.24, 2.45) is 0 Å². The Labute approximate surface area is 93.6 Å². The van der Waals surface area contributed by atoms with Crippen LogP contribution in [0, 0.1) is 11.3 Å². The van der Waals surface area contributed by atoms with Crippen molar-refractivity contribution in [1.29, 1.82) is 5.26 Å². The van der Waals surface area contributed by atoms with Crippen LogP contribution in [0.1, 0.15) is 33.6 Å². The Bertz CT molecular complexity index is 276. The maximum atomic E-state index is 11.7. The van der Waals surface area contributed by atoms with E-state index in [0.29, 0.717) is 12.5 Å². The number of hydrogen-bond donors (Lipinski definition) is 1. The van der Waals surface area contributed by atoms with Gasteiger partial charge >= 0.3 is 0 Å². The van der Waals surface area contributed by atoms with Crippen molar-refractivity contribution < 1.29 is 8.95 Å². The van der Waals surface area contributed by atoms with Crippen molar-refractivity contribution >= 4 is 11.0 Å². The summed E-state index contributed by atoms with van der Waals surface area (Å²) >= 11 is 0.